The Bertz CT molecular complexity index is 797. The van der Waals surface area contributed by atoms with Gasteiger partial charge in [0, 0.05) is 29.7 Å². The van der Waals surface area contributed by atoms with E-state index >= 15 is 0 Å². The average Bonchev–Trinajstić information content (AvgIpc) is 2.97. The third-order valence-corrected chi connectivity index (χ3v) is 6.07. The van der Waals surface area contributed by atoms with E-state index in [1.807, 2.05) is 18.7 Å². The number of aryl methyl sites for hydroxylation is 1. The Kier molecular flexibility index (Phi) is 5.24. The maximum Gasteiger partial charge on any atom is 0.236 e. The lowest BCUT2D eigenvalue weighted by Gasteiger charge is -2.37. The second-order valence-corrected chi connectivity index (χ2v) is 8.32. The largest absolute Gasteiger partial charge is 0.372 e. The lowest BCUT2D eigenvalue weighted by Crippen LogP contribution is -2.51. The van der Waals surface area contributed by atoms with E-state index in [1.54, 1.807) is 0 Å². The van der Waals surface area contributed by atoms with Gasteiger partial charge in [-0.2, -0.15) is 0 Å². The van der Waals surface area contributed by atoms with Crippen LogP contribution in [0.3, 0.4) is 0 Å². The molecule has 2 unspecified atom stereocenters. The molecular formula is C22H31N3O2. The van der Waals surface area contributed by atoms with Crippen LogP contribution in [0, 0.1) is 6.92 Å². The van der Waals surface area contributed by atoms with Crippen molar-refractivity contribution in [1.82, 2.24) is 14.8 Å². The van der Waals surface area contributed by atoms with E-state index in [0.717, 1.165) is 25.9 Å². The van der Waals surface area contributed by atoms with E-state index < -0.39 is 0 Å². The van der Waals surface area contributed by atoms with Gasteiger partial charge in [0.2, 0.25) is 5.91 Å². The lowest BCUT2D eigenvalue weighted by atomic mass is 9.87. The van der Waals surface area contributed by atoms with Gasteiger partial charge in [0.1, 0.15) is 0 Å². The number of piperidine rings is 1. The molecule has 1 N–H and O–H groups in total. The molecule has 0 radical (unpaired) electrons. The summed E-state index contributed by atoms with van der Waals surface area (Å²) in [5.74, 6) is 0.828. The van der Waals surface area contributed by atoms with Gasteiger partial charge in [0.25, 0.3) is 0 Å². The summed E-state index contributed by atoms with van der Waals surface area (Å²) in [6, 6.07) is 8.59. The van der Waals surface area contributed by atoms with Crippen LogP contribution < -0.4 is 0 Å². The smallest absolute Gasteiger partial charge is 0.236 e. The minimum Gasteiger partial charge on any atom is -0.372 e. The number of hydrogen-bond acceptors (Lipinski definition) is 3. The highest BCUT2D eigenvalue weighted by atomic mass is 16.5. The maximum atomic E-state index is 12.7. The molecule has 2 aliphatic heterocycles. The molecule has 146 valence electrons. The Labute approximate surface area is 161 Å². The zero-order valence-electron chi connectivity index (χ0n) is 16.7. The van der Waals surface area contributed by atoms with Crippen LogP contribution in [-0.4, -0.2) is 65.6 Å². The first-order chi connectivity index (χ1) is 13.0. The number of likely N-dealkylation sites (tertiary alicyclic amines) is 1. The number of hydrogen-bond donors (Lipinski definition) is 1. The topological polar surface area (TPSA) is 48.6 Å². The summed E-state index contributed by atoms with van der Waals surface area (Å²) >= 11 is 0. The molecule has 2 aliphatic rings. The predicted octanol–water partition coefficient (Wildman–Crippen LogP) is 3.29. The third kappa shape index (κ3) is 3.90. The first kappa shape index (κ1) is 18.5. The predicted molar refractivity (Wildman–Crippen MR) is 108 cm³/mol. The molecule has 3 heterocycles. The van der Waals surface area contributed by atoms with E-state index in [-0.39, 0.29) is 18.1 Å². The van der Waals surface area contributed by atoms with Gasteiger partial charge in [-0.05, 0) is 64.3 Å². The van der Waals surface area contributed by atoms with Crippen molar-refractivity contribution in [2.75, 3.05) is 32.7 Å². The van der Waals surface area contributed by atoms with E-state index in [0.29, 0.717) is 25.6 Å². The summed E-state index contributed by atoms with van der Waals surface area (Å²) in [6.07, 6.45) is 2.50. The van der Waals surface area contributed by atoms with Crippen LogP contribution in [0.4, 0.5) is 0 Å². The lowest BCUT2D eigenvalue weighted by molar-refractivity contribution is -0.144. The number of ether oxygens (including phenoxy) is 1. The number of fused-ring (bicyclic) bond motifs is 1. The van der Waals surface area contributed by atoms with Crippen molar-refractivity contribution in [3.8, 4) is 0 Å². The van der Waals surface area contributed by atoms with E-state index in [2.05, 4.69) is 41.1 Å². The van der Waals surface area contributed by atoms with Gasteiger partial charge in [-0.25, -0.2) is 0 Å². The van der Waals surface area contributed by atoms with Gasteiger partial charge in [-0.1, -0.05) is 18.2 Å². The molecule has 0 saturated carbocycles. The minimum absolute atomic E-state index is 0.133. The summed E-state index contributed by atoms with van der Waals surface area (Å²) < 4.78 is 5.75. The third-order valence-electron chi connectivity index (χ3n) is 6.07. The van der Waals surface area contributed by atoms with Crippen molar-refractivity contribution < 1.29 is 9.53 Å². The average molecular weight is 370 g/mol. The number of rotatable bonds is 3. The number of aromatic amines is 1. The van der Waals surface area contributed by atoms with Gasteiger partial charge < -0.3 is 14.6 Å². The second kappa shape index (κ2) is 7.64. The highest BCUT2D eigenvalue weighted by molar-refractivity contribution is 5.85. The number of carbonyl (C=O) groups excluding carboxylic acids is 1. The fourth-order valence-corrected chi connectivity index (χ4v) is 4.88. The number of morpholine rings is 1. The molecule has 0 bridgehead atoms. The van der Waals surface area contributed by atoms with Crippen molar-refractivity contribution in [3.63, 3.8) is 0 Å². The Hall–Kier alpha value is -1.85. The number of H-pyrrole nitrogens is 1. The normalized spacial score (nSPS) is 25.2. The van der Waals surface area contributed by atoms with Crippen molar-refractivity contribution >= 4 is 16.8 Å². The van der Waals surface area contributed by atoms with Gasteiger partial charge in [0.15, 0.2) is 0 Å². The molecule has 1 amide bonds. The van der Waals surface area contributed by atoms with Crippen molar-refractivity contribution in [3.05, 3.63) is 35.5 Å². The Balaban J connectivity index is 1.36. The monoisotopic (exact) mass is 369 g/mol. The number of aromatic nitrogens is 1. The van der Waals surface area contributed by atoms with Crippen LogP contribution in [0.5, 0.6) is 0 Å². The molecule has 1 aromatic carbocycles. The molecule has 2 aromatic rings. The fourth-order valence-electron chi connectivity index (χ4n) is 4.88. The van der Waals surface area contributed by atoms with Gasteiger partial charge in [-0.3, -0.25) is 9.69 Å². The van der Waals surface area contributed by atoms with Crippen molar-refractivity contribution in [1.29, 1.82) is 0 Å². The molecule has 0 spiro atoms. The molecule has 2 atom stereocenters. The summed E-state index contributed by atoms with van der Waals surface area (Å²) in [5, 5.41) is 1.36. The quantitative estimate of drug-likeness (QED) is 0.903. The highest BCUT2D eigenvalue weighted by Crippen LogP contribution is 2.35. The zero-order chi connectivity index (χ0) is 19.0. The maximum absolute atomic E-state index is 12.7. The number of carbonyl (C=O) groups is 1. The summed E-state index contributed by atoms with van der Waals surface area (Å²) in [4.78, 5) is 20.6. The van der Waals surface area contributed by atoms with Crippen LogP contribution in [0.1, 0.15) is 43.9 Å². The van der Waals surface area contributed by atoms with Crippen molar-refractivity contribution in [2.24, 2.45) is 0 Å². The zero-order valence-corrected chi connectivity index (χ0v) is 16.7. The fraction of sp³-hybridized carbons (Fsp3) is 0.591. The molecule has 1 aromatic heterocycles. The first-order valence-corrected chi connectivity index (χ1v) is 10.2. The number of para-hydroxylation sites is 1. The van der Waals surface area contributed by atoms with Gasteiger partial charge in [0.05, 0.1) is 18.8 Å². The van der Waals surface area contributed by atoms with E-state index in [4.69, 9.17) is 4.74 Å². The number of nitrogens with one attached hydrogen (secondary N) is 1. The summed E-state index contributed by atoms with van der Waals surface area (Å²) in [6.45, 7) is 10.2. The van der Waals surface area contributed by atoms with Gasteiger partial charge in [-0.15, -0.1) is 0 Å². The summed E-state index contributed by atoms with van der Waals surface area (Å²) in [5.41, 5.74) is 4.01. The molecule has 5 nitrogen and oxygen atoms in total. The highest BCUT2D eigenvalue weighted by Gasteiger charge is 2.29. The molecule has 2 saturated heterocycles. The Morgan fingerprint density at radius 3 is 2.52 bits per heavy atom. The van der Waals surface area contributed by atoms with Crippen LogP contribution in [0.2, 0.25) is 0 Å². The molecule has 27 heavy (non-hydrogen) atoms. The Morgan fingerprint density at radius 2 is 1.81 bits per heavy atom. The standard InChI is InChI=1S/C22H31N3O2/c1-15-12-25(13-16(2)27-15)21(26)14-24-10-8-18(9-11-24)22-17(3)23-20-7-5-4-6-19(20)22/h4-7,15-16,18,23H,8-14H2,1-3H3. The number of amides is 1. The van der Waals surface area contributed by atoms with E-state index in [9.17, 15) is 4.79 Å². The van der Waals surface area contributed by atoms with Crippen LogP contribution >= 0.6 is 0 Å². The Morgan fingerprint density at radius 1 is 1.15 bits per heavy atom. The first-order valence-electron chi connectivity index (χ1n) is 10.2. The minimum atomic E-state index is 0.133. The molecule has 2 fully saturated rings. The summed E-state index contributed by atoms with van der Waals surface area (Å²) in [7, 11) is 0. The van der Waals surface area contributed by atoms with Crippen molar-refractivity contribution in [2.45, 2.75) is 51.7 Å². The van der Waals surface area contributed by atoms with Gasteiger partial charge >= 0.3 is 0 Å². The second-order valence-electron chi connectivity index (χ2n) is 8.32. The van der Waals surface area contributed by atoms with Crippen LogP contribution in [-0.2, 0) is 9.53 Å². The molecule has 4 rings (SSSR count). The number of nitrogens with zero attached hydrogens (tertiary/aromatic N) is 2. The molecular weight excluding hydrogens is 338 g/mol. The SMILES string of the molecule is Cc1[nH]c2ccccc2c1C1CCN(CC(=O)N2CC(C)OC(C)C2)CC1. The van der Waals surface area contributed by atoms with Crippen LogP contribution in [0.15, 0.2) is 24.3 Å². The van der Waals surface area contributed by atoms with Crippen LogP contribution in [0.25, 0.3) is 10.9 Å². The number of benzene rings is 1. The van der Waals surface area contributed by atoms with E-state index in [1.165, 1.54) is 22.2 Å². The molecule has 0 aliphatic carbocycles. The molecule has 5 heteroatoms.